The molecule has 0 saturated carbocycles. The Balaban J connectivity index is 0.000000292. The fourth-order valence-electron chi connectivity index (χ4n) is 1.35. The summed E-state index contributed by atoms with van der Waals surface area (Å²) in [6.07, 6.45) is 0. The van der Waals surface area contributed by atoms with Crippen LogP contribution in [0.1, 0.15) is 13.8 Å². The number of rotatable bonds is 2. The van der Waals surface area contributed by atoms with E-state index in [0.717, 1.165) is 0 Å². The smallest absolute Gasteiger partial charge is 0.418 e. The van der Waals surface area contributed by atoms with Gasteiger partial charge in [-0.25, -0.2) is 0 Å². The van der Waals surface area contributed by atoms with Crippen molar-refractivity contribution >= 4 is 7.25 Å². The maximum atomic E-state index is 9.75. The molecule has 1 unspecified atom stereocenters. The lowest BCUT2D eigenvalue weighted by Gasteiger charge is -2.10. The zero-order chi connectivity index (χ0) is 11.2. The molecule has 1 aliphatic heterocycles. The molecule has 14 heavy (non-hydrogen) atoms. The van der Waals surface area contributed by atoms with Crippen molar-refractivity contribution in [3.05, 3.63) is 0 Å². The summed E-state index contributed by atoms with van der Waals surface area (Å²) in [6.45, 7) is 10.9. The van der Waals surface area contributed by atoms with Gasteiger partial charge in [-0.1, -0.05) is 6.92 Å². The van der Waals surface area contributed by atoms with Crippen molar-refractivity contribution in [2.24, 2.45) is 0 Å². The molecule has 0 aromatic rings. The van der Waals surface area contributed by atoms with Gasteiger partial charge in [0.1, 0.15) is 6.67 Å². The molecule has 0 aliphatic carbocycles. The minimum absolute atomic E-state index is 1.23. The molecule has 1 aliphatic rings. The van der Waals surface area contributed by atoms with E-state index in [1.54, 1.807) is 4.90 Å². The lowest BCUT2D eigenvalue weighted by molar-refractivity contribution is -0.889. The Morgan fingerprint density at radius 2 is 1.71 bits per heavy atom. The second-order valence-corrected chi connectivity index (χ2v) is 3.22. The van der Waals surface area contributed by atoms with Crippen LogP contribution in [-0.2, 0) is 0 Å². The maximum Gasteiger partial charge on any atom is 0.673 e. The Morgan fingerprint density at radius 3 is 1.93 bits per heavy atom. The summed E-state index contributed by atoms with van der Waals surface area (Å²) in [6, 6.07) is 0. The second kappa shape index (κ2) is 6.24. The van der Waals surface area contributed by atoms with Crippen LogP contribution < -0.4 is 4.90 Å². The first-order valence-corrected chi connectivity index (χ1v) is 4.80. The molecule has 1 N–H and O–H groups in total. The molecule has 0 spiro atoms. The van der Waals surface area contributed by atoms with Crippen LogP contribution in [-0.4, -0.2) is 45.0 Å². The quantitative estimate of drug-likeness (QED) is 0.521. The molecule has 2 nitrogen and oxygen atoms in total. The molecule has 0 bridgehead atoms. The first kappa shape index (κ1) is 13.7. The van der Waals surface area contributed by atoms with Crippen LogP contribution in [0.3, 0.4) is 0 Å². The largest absolute Gasteiger partial charge is 0.673 e. The highest BCUT2D eigenvalue weighted by atomic mass is 19.5. The molecule has 86 valence electrons. The zero-order valence-corrected chi connectivity index (χ0v) is 8.57. The van der Waals surface area contributed by atoms with Crippen LogP contribution in [0.15, 0.2) is 0 Å². The molecule has 1 rings (SSSR count). The fraction of sp³-hybridized carbons (Fsp3) is 1.00. The molecule has 0 aromatic heterocycles. The summed E-state index contributed by atoms with van der Waals surface area (Å²) in [5, 5.41) is 0. The molecule has 1 fully saturated rings. The first-order valence-electron chi connectivity index (χ1n) is 4.80. The van der Waals surface area contributed by atoms with Crippen LogP contribution >= 0.6 is 0 Å². The molecular formula is C7H17BF4N2. The van der Waals surface area contributed by atoms with Crippen molar-refractivity contribution in [2.45, 2.75) is 13.8 Å². The molecular weight excluding hydrogens is 199 g/mol. The highest BCUT2D eigenvalue weighted by Crippen LogP contribution is 2.06. The third-order valence-electron chi connectivity index (χ3n) is 2.18. The topological polar surface area (TPSA) is 7.68 Å². The number of nitrogens with zero attached hydrogens (tertiary/aromatic N) is 1. The monoisotopic (exact) mass is 216 g/mol. The molecule has 0 aromatic carbocycles. The van der Waals surface area contributed by atoms with Gasteiger partial charge in [0.2, 0.25) is 0 Å². The van der Waals surface area contributed by atoms with E-state index in [4.69, 9.17) is 0 Å². The summed E-state index contributed by atoms with van der Waals surface area (Å²) in [5.74, 6) is 0. The number of nitrogens with one attached hydrogen (secondary N) is 1. The van der Waals surface area contributed by atoms with Crippen LogP contribution in [0.4, 0.5) is 17.3 Å². The molecule has 1 saturated heterocycles. The Hall–Kier alpha value is -0.295. The predicted octanol–water partition coefficient (Wildman–Crippen LogP) is 0.484. The number of hydrogen-bond donors (Lipinski definition) is 1. The van der Waals surface area contributed by atoms with Gasteiger partial charge in [-0.05, 0) is 6.92 Å². The lowest BCUT2D eigenvalue weighted by Crippen LogP contribution is -3.10. The Kier molecular flexibility index (Phi) is 6.11. The molecule has 1 atom stereocenters. The van der Waals surface area contributed by atoms with E-state index in [-0.39, 0.29) is 0 Å². The van der Waals surface area contributed by atoms with Crippen LogP contribution in [0.25, 0.3) is 0 Å². The van der Waals surface area contributed by atoms with Gasteiger partial charge >= 0.3 is 7.25 Å². The van der Waals surface area contributed by atoms with Gasteiger partial charge in [0, 0.05) is 6.54 Å². The summed E-state index contributed by atoms with van der Waals surface area (Å²) in [4.78, 5) is 4.23. The van der Waals surface area contributed by atoms with E-state index in [0.29, 0.717) is 0 Å². The Bertz CT molecular complexity index is 137. The number of halogens is 4. The minimum Gasteiger partial charge on any atom is -0.418 e. The van der Waals surface area contributed by atoms with E-state index >= 15 is 0 Å². The summed E-state index contributed by atoms with van der Waals surface area (Å²) >= 11 is 0. The van der Waals surface area contributed by atoms with Crippen LogP contribution in [0.5, 0.6) is 0 Å². The molecule has 0 amide bonds. The third-order valence-corrected chi connectivity index (χ3v) is 2.18. The second-order valence-electron chi connectivity index (χ2n) is 3.22. The molecule has 0 radical (unpaired) electrons. The van der Waals surface area contributed by atoms with Crippen molar-refractivity contribution in [3.8, 4) is 0 Å². The van der Waals surface area contributed by atoms with E-state index < -0.39 is 7.25 Å². The maximum absolute atomic E-state index is 9.75. The van der Waals surface area contributed by atoms with Crippen LogP contribution in [0, 0.1) is 0 Å². The highest BCUT2D eigenvalue weighted by molar-refractivity contribution is 6.50. The summed E-state index contributed by atoms with van der Waals surface area (Å²) < 4.78 is 39.0. The van der Waals surface area contributed by atoms with E-state index in [2.05, 4.69) is 18.7 Å². The van der Waals surface area contributed by atoms with Gasteiger partial charge in [0.25, 0.3) is 0 Å². The van der Waals surface area contributed by atoms with E-state index in [1.807, 2.05) is 0 Å². The standard InChI is InChI=1S/C7H16N2.BF4/c1-3-8-5-6-9(4-2)7-8;2-1(3,4)5/h3-7H2,1-2H3;/q;-1/p+1. The number of quaternary nitrogens is 1. The van der Waals surface area contributed by atoms with Gasteiger partial charge in [-0.2, -0.15) is 0 Å². The van der Waals surface area contributed by atoms with Gasteiger partial charge in [0.05, 0.1) is 19.6 Å². The van der Waals surface area contributed by atoms with Crippen molar-refractivity contribution in [1.82, 2.24) is 4.90 Å². The van der Waals surface area contributed by atoms with Gasteiger partial charge in [0.15, 0.2) is 0 Å². The number of hydrogen-bond acceptors (Lipinski definition) is 1. The average Bonchev–Trinajstić information content (AvgIpc) is 2.48. The van der Waals surface area contributed by atoms with Gasteiger partial charge < -0.3 is 22.2 Å². The average molecular weight is 216 g/mol. The normalized spacial score (nSPS) is 23.1. The van der Waals surface area contributed by atoms with Crippen molar-refractivity contribution < 1.29 is 22.2 Å². The third kappa shape index (κ3) is 8.31. The van der Waals surface area contributed by atoms with Gasteiger partial charge in [-0.3, -0.25) is 4.90 Å². The lowest BCUT2D eigenvalue weighted by atomic mass is 10.3. The Morgan fingerprint density at radius 1 is 1.21 bits per heavy atom. The van der Waals surface area contributed by atoms with E-state index in [9.17, 15) is 17.3 Å². The van der Waals surface area contributed by atoms with Crippen LogP contribution in [0.2, 0.25) is 0 Å². The number of likely N-dealkylation sites (N-methyl/N-ethyl adjacent to an activating group) is 2. The summed E-state index contributed by atoms with van der Waals surface area (Å²) in [7, 11) is -6.00. The first-order chi connectivity index (χ1) is 6.36. The highest BCUT2D eigenvalue weighted by Gasteiger charge is 2.20. The fourth-order valence-corrected chi connectivity index (χ4v) is 1.35. The Labute approximate surface area is 82.0 Å². The summed E-state index contributed by atoms with van der Waals surface area (Å²) in [5.41, 5.74) is 0. The predicted molar refractivity (Wildman–Crippen MR) is 48.7 cm³/mol. The molecule has 7 heteroatoms. The molecule has 1 heterocycles. The van der Waals surface area contributed by atoms with Crippen molar-refractivity contribution in [3.63, 3.8) is 0 Å². The minimum atomic E-state index is -6.00. The van der Waals surface area contributed by atoms with Crippen molar-refractivity contribution in [1.29, 1.82) is 0 Å². The van der Waals surface area contributed by atoms with E-state index in [1.165, 1.54) is 32.8 Å². The zero-order valence-electron chi connectivity index (χ0n) is 8.57. The SMILES string of the molecule is CCN1CC[NH+](CC)C1.F[B-](F)(F)F. The van der Waals surface area contributed by atoms with Gasteiger partial charge in [-0.15, -0.1) is 0 Å². The van der Waals surface area contributed by atoms with Crippen molar-refractivity contribution in [2.75, 3.05) is 32.8 Å².